The molecule has 0 aromatic heterocycles. The van der Waals surface area contributed by atoms with Crippen molar-refractivity contribution >= 4 is 5.69 Å². The van der Waals surface area contributed by atoms with E-state index in [4.69, 9.17) is 5.11 Å². The molecule has 3 nitrogen and oxygen atoms in total. The lowest BCUT2D eigenvalue weighted by Crippen LogP contribution is -2.03. The topological polar surface area (TPSA) is 52.5 Å². The third-order valence-electron chi connectivity index (χ3n) is 3.00. The van der Waals surface area contributed by atoms with Gasteiger partial charge in [-0.3, -0.25) is 0 Å². The largest absolute Gasteiger partial charge is 0.396 e. The normalized spacial score (nSPS) is 12.4. The van der Waals surface area contributed by atoms with Gasteiger partial charge in [-0.05, 0) is 43.4 Å². The zero-order valence-corrected chi connectivity index (χ0v) is 11.2. The average molecular weight is 251 g/mol. The minimum absolute atomic E-state index is 0.276. The molecular weight excluding hydrogens is 226 g/mol. The van der Waals surface area contributed by atoms with Crippen molar-refractivity contribution < 1.29 is 10.2 Å². The van der Waals surface area contributed by atoms with Gasteiger partial charge in [-0.2, -0.15) is 0 Å². The van der Waals surface area contributed by atoms with E-state index in [1.54, 1.807) is 0 Å². The number of aliphatic hydroxyl groups excluding tert-OH is 2. The van der Waals surface area contributed by atoms with Crippen molar-refractivity contribution in [3.8, 4) is 0 Å². The monoisotopic (exact) mass is 251 g/mol. The number of aliphatic hydroxyl groups is 2. The Hall–Kier alpha value is -1.06. The van der Waals surface area contributed by atoms with Gasteiger partial charge in [0.05, 0.1) is 6.10 Å². The number of nitrogens with one attached hydrogen (secondary N) is 1. The molecule has 0 aliphatic carbocycles. The zero-order chi connectivity index (χ0) is 13.2. The van der Waals surface area contributed by atoms with Crippen molar-refractivity contribution in [3.63, 3.8) is 0 Å². The van der Waals surface area contributed by atoms with Crippen molar-refractivity contribution in [2.24, 2.45) is 0 Å². The van der Waals surface area contributed by atoms with Crippen LogP contribution in [0.15, 0.2) is 24.3 Å². The summed E-state index contributed by atoms with van der Waals surface area (Å²) in [4.78, 5) is 0. The van der Waals surface area contributed by atoms with Gasteiger partial charge >= 0.3 is 0 Å². The predicted octanol–water partition coefficient (Wildman–Crippen LogP) is 3.09. The van der Waals surface area contributed by atoms with Gasteiger partial charge in [-0.1, -0.05) is 25.5 Å². The van der Waals surface area contributed by atoms with Crippen LogP contribution in [0.3, 0.4) is 0 Å². The van der Waals surface area contributed by atoms with E-state index in [1.165, 1.54) is 0 Å². The molecule has 1 aromatic carbocycles. The molecule has 0 aliphatic heterocycles. The summed E-state index contributed by atoms with van der Waals surface area (Å²) in [5.74, 6) is 0. The third-order valence-corrected chi connectivity index (χ3v) is 3.00. The summed E-state index contributed by atoms with van der Waals surface area (Å²) in [7, 11) is 0. The van der Waals surface area contributed by atoms with Gasteiger partial charge in [0, 0.05) is 18.8 Å². The highest BCUT2D eigenvalue weighted by atomic mass is 16.3. The van der Waals surface area contributed by atoms with Crippen LogP contribution in [0.2, 0.25) is 0 Å². The Bertz CT molecular complexity index is 328. The molecule has 18 heavy (non-hydrogen) atoms. The van der Waals surface area contributed by atoms with Gasteiger partial charge in [0.25, 0.3) is 0 Å². The Morgan fingerprint density at radius 1 is 1.22 bits per heavy atom. The molecular formula is C15H25NO2. The number of hydrogen-bond donors (Lipinski definition) is 3. The van der Waals surface area contributed by atoms with E-state index in [0.29, 0.717) is 0 Å². The molecule has 1 rings (SSSR count). The van der Waals surface area contributed by atoms with Crippen LogP contribution in [0.4, 0.5) is 5.69 Å². The lowest BCUT2D eigenvalue weighted by Gasteiger charge is -2.12. The van der Waals surface area contributed by atoms with Crippen molar-refractivity contribution in [2.45, 2.75) is 45.1 Å². The number of anilines is 1. The highest BCUT2D eigenvalue weighted by molar-refractivity contribution is 5.46. The quantitative estimate of drug-likeness (QED) is 0.591. The van der Waals surface area contributed by atoms with E-state index in [1.807, 2.05) is 24.3 Å². The SMILES string of the molecule is CCCC(O)c1cccc(NCCCCCO)c1. The summed E-state index contributed by atoms with van der Waals surface area (Å²) in [5, 5.41) is 22.0. The summed E-state index contributed by atoms with van der Waals surface area (Å²) in [5.41, 5.74) is 2.05. The van der Waals surface area contributed by atoms with Gasteiger partial charge in [0.15, 0.2) is 0 Å². The van der Waals surface area contributed by atoms with Crippen LogP contribution in [0.1, 0.15) is 50.7 Å². The predicted molar refractivity (Wildman–Crippen MR) is 75.7 cm³/mol. The highest BCUT2D eigenvalue weighted by Crippen LogP contribution is 2.21. The Balaban J connectivity index is 2.39. The first-order valence-corrected chi connectivity index (χ1v) is 6.90. The maximum atomic E-state index is 9.93. The molecule has 0 amide bonds. The molecule has 0 radical (unpaired) electrons. The minimum atomic E-state index is -0.355. The first-order valence-electron chi connectivity index (χ1n) is 6.90. The molecule has 0 fully saturated rings. The van der Waals surface area contributed by atoms with Crippen LogP contribution in [-0.2, 0) is 0 Å². The number of hydrogen-bond acceptors (Lipinski definition) is 3. The van der Waals surface area contributed by atoms with Crippen LogP contribution in [0, 0.1) is 0 Å². The van der Waals surface area contributed by atoms with Gasteiger partial charge in [-0.15, -0.1) is 0 Å². The van der Waals surface area contributed by atoms with E-state index in [-0.39, 0.29) is 12.7 Å². The second kappa shape index (κ2) is 8.95. The summed E-state index contributed by atoms with van der Waals surface area (Å²) in [6.07, 6.45) is 4.41. The molecule has 1 aromatic rings. The van der Waals surface area contributed by atoms with Gasteiger partial charge < -0.3 is 15.5 Å². The molecule has 0 saturated carbocycles. The molecule has 3 heteroatoms. The van der Waals surface area contributed by atoms with Crippen LogP contribution in [0.5, 0.6) is 0 Å². The number of rotatable bonds is 9. The molecule has 0 aliphatic rings. The third kappa shape index (κ3) is 5.52. The van der Waals surface area contributed by atoms with E-state index in [9.17, 15) is 5.11 Å². The van der Waals surface area contributed by atoms with E-state index in [2.05, 4.69) is 12.2 Å². The van der Waals surface area contributed by atoms with Crippen LogP contribution in [0.25, 0.3) is 0 Å². The highest BCUT2D eigenvalue weighted by Gasteiger charge is 2.06. The Morgan fingerprint density at radius 3 is 2.78 bits per heavy atom. The fraction of sp³-hybridized carbons (Fsp3) is 0.600. The van der Waals surface area contributed by atoms with E-state index >= 15 is 0 Å². The van der Waals surface area contributed by atoms with Gasteiger partial charge in [0.1, 0.15) is 0 Å². The van der Waals surface area contributed by atoms with Gasteiger partial charge in [0.2, 0.25) is 0 Å². The molecule has 0 saturated heterocycles. The number of unbranched alkanes of at least 4 members (excludes halogenated alkanes) is 2. The van der Waals surface area contributed by atoms with Crippen molar-refractivity contribution in [1.29, 1.82) is 0 Å². The second-order valence-corrected chi connectivity index (χ2v) is 4.64. The van der Waals surface area contributed by atoms with Gasteiger partial charge in [-0.25, -0.2) is 0 Å². The molecule has 3 N–H and O–H groups in total. The van der Waals surface area contributed by atoms with Crippen LogP contribution in [-0.4, -0.2) is 23.4 Å². The van der Waals surface area contributed by atoms with Crippen molar-refractivity contribution in [3.05, 3.63) is 29.8 Å². The Labute approximate surface area is 110 Å². The molecule has 102 valence electrons. The Kier molecular flexibility index (Phi) is 7.46. The van der Waals surface area contributed by atoms with Crippen LogP contribution < -0.4 is 5.32 Å². The fourth-order valence-corrected chi connectivity index (χ4v) is 1.94. The first kappa shape index (κ1) is 15.0. The molecule has 0 spiro atoms. The lowest BCUT2D eigenvalue weighted by molar-refractivity contribution is 0.166. The second-order valence-electron chi connectivity index (χ2n) is 4.64. The smallest absolute Gasteiger partial charge is 0.0790 e. The summed E-state index contributed by atoms with van der Waals surface area (Å²) in [6.45, 7) is 3.26. The van der Waals surface area contributed by atoms with E-state index < -0.39 is 0 Å². The number of benzene rings is 1. The first-order chi connectivity index (χ1) is 8.77. The molecule has 0 heterocycles. The fourth-order valence-electron chi connectivity index (χ4n) is 1.94. The average Bonchev–Trinajstić information content (AvgIpc) is 2.39. The lowest BCUT2D eigenvalue weighted by atomic mass is 10.0. The van der Waals surface area contributed by atoms with E-state index in [0.717, 1.165) is 49.9 Å². The zero-order valence-electron chi connectivity index (χ0n) is 11.2. The maximum absolute atomic E-state index is 9.93. The van der Waals surface area contributed by atoms with Crippen LogP contribution >= 0.6 is 0 Å². The molecule has 1 unspecified atom stereocenters. The van der Waals surface area contributed by atoms with Crippen molar-refractivity contribution in [1.82, 2.24) is 0 Å². The summed E-state index contributed by atoms with van der Waals surface area (Å²) >= 11 is 0. The molecule has 1 atom stereocenters. The van der Waals surface area contributed by atoms with Crippen molar-refractivity contribution in [2.75, 3.05) is 18.5 Å². The maximum Gasteiger partial charge on any atom is 0.0790 e. The minimum Gasteiger partial charge on any atom is -0.396 e. The standard InChI is InChI=1S/C15H25NO2/c1-2-7-15(18)13-8-6-9-14(12-13)16-10-4-3-5-11-17/h6,8-9,12,15-18H,2-5,7,10-11H2,1H3. The summed E-state index contributed by atoms with van der Waals surface area (Å²) < 4.78 is 0. The molecule has 0 bridgehead atoms. The Morgan fingerprint density at radius 2 is 2.06 bits per heavy atom. The summed E-state index contributed by atoms with van der Waals surface area (Å²) in [6, 6.07) is 7.99.